The van der Waals surface area contributed by atoms with Crippen molar-refractivity contribution in [3.63, 3.8) is 0 Å². The summed E-state index contributed by atoms with van der Waals surface area (Å²) < 4.78 is 0. The minimum Gasteiger partial charge on any atom is -0.480 e. The van der Waals surface area contributed by atoms with E-state index in [0.717, 1.165) is 0 Å². The van der Waals surface area contributed by atoms with Crippen LogP contribution in [0.15, 0.2) is 12.2 Å². The zero-order valence-corrected chi connectivity index (χ0v) is 8.88. The van der Waals surface area contributed by atoms with Gasteiger partial charge >= 0.3 is 5.97 Å². The predicted molar refractivity (Wildman–Crippen MR) is 56.3 cm³/mol. The number of carbonyl (C=O) groups is 4. The van der Waals surface area contributed by atoms with Gasteiger partial charge in [-0.1, -0.05) is 0 Å². The van der Waals surface area contributed by atoms with Gasteiger partial charge in [0, 0.05) is 18.6 Å². The quantitative estimate of drug-likeness (QED) is 0.413. The van der Waals surface area contributed by atoms with E-state index in [-0.39, 0.29) is 24.7 Å². The van der Waals surface area contributed by atoms with Crippen molar-refractivity contribution < 1.29 is 24.3 Å². The maximum Gasteiger partial charge on any atom is 0.320 e. The van der Waals surface area contributed by atoms with Gasteiger partial charge in [0.15, 0.2) is 0 Å². The second-order valence-electron chi connectivity index (χ2n) is 3.14. The molecule has 3 amide bonds. The molecule has 17 heavy (non-hydrogen) atoms. The zero-order chi connectivity index (χ0) is 13.4. The minimum absolute atomic E-state index is 0.0213. The Hall–Kier alpha value is -2.22. The molecule has 0 radical (unpaired) electrons. The van der Waals surface area contributed by atoms with Crippen LogP contribution in [0.5, 0.6) is 0 Å². The third kappa shape index (κ3) is 7.68. The van der Waals surface area contributed by atoms with Gasteiger partial charge in [0.25, 0.3) is 11.8 Å². The standard InChI is InChI=1S/C5H10N2O3.C4H3NO2/c6-3(5(9)10)1-2-4(7)8;6-3-1-2-4(7)5-3/h3H,1-2,6H2,(H2,7,8)(H,9,10);1-2H,(H,5,6,7). The largest absolute Gasteiger partial charge is 0.480 e. The van der Waals surface area contributed by atoms with Gasteiger partial charge in [-0.25, -0.2) is 0 Å². The zero-order valence-electron chi connectivity index (χ0n) is 8.88. The molecule has 6 N–H and O–H groups in total. The Morgan fingerprint density at radius 2 is 1.76 bits per heavy atom. The Balaban J connectivity index is 0.000000318. The highest BCUT2D eigenvalue weighted by Crippen LogP contribution is 1.92. The summed E-state index contributed by atoms with van der Waals surface area (Å²) in [6, 6.07) is -0.979. The fraction of sp³-hybridized carbons (Fsp3) is 0.333. The number of nitrogens with one attached hydrogen (secondary N) is 1. The van der Waals surface area contributed by atoms with Crippen LogP contribution in [0.25, 0.3) is 0 Å². The van der Waals surface area contributed by atoms with Gasteiger partial charge in [0.2, 0.25) is 5.91 Å². The van der Waals surface area contributed by atoms with Crippen LogP contribution in [-0.2, 0) is 19.2 Å². The van der Waals surface area contributed by atoms with Crippen LogP contribution in [-0.4, -0.2) is 34.8 Å². The first kappa shape index (κ1) is 14.8. The smallest absolute Gasteiger partial charge is 0.320 e. The van der Waals surface area contributed by atoms with Crippen molar-refractivity contribution in [2.75, 3.05) is 0 Å². The molecule has 8 nitrogen and oxygen atoms in total. The lowest BCUT2D eigenvalue weighted by Crippen LogP contribution is -2.31. The van der Waals surface area contributed by atoms with E-state index in [1.807, 2.05) is 5.32 Å². The number of nitrogens with two attached hydrogens (primary N) is 2. The number of carbonyl (C=O) groups excluding carboxylic acids is 3. The average molecular weight is 243 g/mol. The van der Waals surface area contributed by atoms with E-state index in [9.17, 15) is 19.2 Å². The molecule has 94 valence electrons. The molecule has 1 aliphatic heterocycles. The van der Waals surface area contributed by atoms with Crippen LogP contribution >= 0.6 is 0 Å². The molecular formula is C9H13N3O5. The van der Waals surface area contributed by atoms with E-state index in [1.165, 1.54) is 12.2 Å². The molecule has 1 heterocycles. The van der Waals surface area contributed by atoms with E-state index in [4.69, 9.17) is 16.6 Å². The highest BCUT2D eigenvalue weighted by molar-refractivity contribution is 6.12. The van der Waals surface area contributed by atoms with Crippen molar-refractivity contribution in [1.29, 1.82) is 0 Å². The van der Waals surface area contributed by atoms with Crippen LogP contribution < -0.4 is 16.8 Å². The van der Waals surface area contributed by atoms with Crippen molar-refractivity contribution >= 4 is 23.7 Å². The molecule has 0 spiro atoms. The second kappa shape index (κ2) is 7.12. The molecule has 0 fully saturated rings. The van der Waals surface area contributed by atoms with Crippen molar-refractivity contribution in [2.45, 2.75) is 18.9 Å². The van der Waals surface area contributed by atoms with Crippen molar-refractivity contribution in [1.82, 2.24) is 5.32 Å². The molecule has 0 saturated heterocycles. The molecular weight excluding hydrogens is 230 g/mol. The normalized spacial score (nSPS) is 14.6. The highest BCUT2D eigenvalue weighted by Gasteiger charge is 2.11. The monoisotopic (exact) mass is 243 g/mol. The summed E-state index contributed by atoms with van der Waals surface area (Å²) in [7, 11) is 0. The summed E-state index contributed by atoms with van der Waals surface area (Å²) in [6.45, 7) is 0. The van der Waals surface area contributed by atoms with E-state index in [0.29, 0.717) is 0 Å². The van der Waals surface area contributed by atoms with E-state index < -0.39 is 17.9 Å². The Labute approximate surface area is 96.6 Å². The maximum atomic E-state index is 10.1. The number of carboxylic acids is 1. The molecule has 0 aliphatic carbocycles. The molecule has 8 heteroatoms. The number of hydrogen-bond donors (Lipinski definition) is 4. The van der Waals surface area contributed by atoms with Gasteiger partial charge in [-0.3, -0.25) is 24.5 Å². The summed E-state index contributed by atoms with van der Waals surface area (Å²) in [5, 5.41) is 10.2. The van der Waals surface area contributed by atoms with Crippen LogP contribution in [0.4, 0.5) is 0 Å². The second-order valence-corrected chi connectivity index (χ2v) is 3.14. The summed E-state index contributed by atoms with van der Waals surface area (Å²) in [6.07, 6.45) is 2.52. The molecule has 0 aromatic heterocycles. The van der Waals surface area contributed by atoms with E-state index in [1.54, 1.807) is 0 Å². The Morgan fingerprint density at radius 3 is 2.00 bits per heavy atom. The van der Waals surface area contributed by atoms with Crippen LogP contribution in [0, 0.1) is 0 Å². The number of amides is 3. The van der Waals surface area contributed by atoms with Gasteiger partial charge < -0.3 is 16.6 Å². The van der Waals surface area contributed by atoms with Crippen molar-refractivity contribution in [2.24, 2.45) is 11.5 Å². The molecule has 1 aliphatic rings. The Bertz CT molecular complexity index is 348. The third-order valence-electron chi connectivity index (χ3n) is 1.65. The average Bonchev–Trinajstić information content (AvgIpc) is 2.59. The first-order chi connectivity index (χ1) is 7.82. The van der Waals surface area contributed by atoms with Gasteiger partial charge in [-0.15, -0.1) is 0 Å². The molecule has 1 unspecified atom stereocenters. The molecule has 1 rings (SSSR count). The van der Waals surface area contributed by atoms with E-state index >= 15 is 0 Å². The topological polar surface area (TPSA) is 153 Å². The van der Waals surface area contributed by atoms with Gasteiger partial charge in [0.05, 0.1) is 0 Å². The number of aliphatic carboxylic acids is 1. The lowest BCUT2D eigenvalue weighted by molar-refractivity contribution is -0.138. The SMILES string of the molecule is NC(=O)CCC(N)C(=O)O.O=C1C=CC(=O)N1. The fourth-order valence-corrected chi connectivity index (χ4v) is 0.777. The third-order valence-corrected chi connectivity index (χ3v) is 1.65. The Kier molecular flexibility index (Phi) is 6.19. The van der Waals surface area contributed by atoms with Gasteiger partial charge in [-0.05, 0) is 6.42 Å². The van der Waals surface area contributed by atoms with Gasteiger partial charge in [0.1, 0.15) is 6.04 Å². The first-order valence-electron chi connectivity index (χ1n) is 4.62. The van der Waals surface area contributed by atoms with Crippen molar-refractivity contribution in [3.8, 4) is 0 Å². The maximum absolute atomic E-state index is 10.1. The number of imide groups is 1. The van der Waals surface area contributed by atoms with Crippen LogP contribution in [0.2, 0.25) is 0 Å². The number of primary amides is 1. The first-order valence-corrected chi connectivity index (χ1v) is 4.62. The Morgan fingerprint density at radius 1 is 1.29 bits per heavy atom. The highest BCUT2D eigenvalue weighted by atomic mass is 16.4. The van der Waals surface area contributed by atoms with Crippen molar-refractivity contribution in [3.05, 3.63) is 12.2 Å². The number of carboxylic acid groups (broad SMARTS) is 1. The lowest BCUT2D eigenvalue weighted by atomic mass is 10.2. The van der Waals surface area contributed by atoms with Gasteiger partial charge in [-0.2, -0.15) is 0 Å². The molecule has 0 aromatic carbocycles. The number of hydrogen-bond acceptors (Lipinski definition) is 5. The molecule has 0 bridgehead atoms. The summed E-state index contributed by atoms with van der Waals surface area (Å²) >= 11 is 0. The van der Waals surface area contributed by atoms with Crippen LogP contribution in [0.3, 0.4) is 0 Å². The summed E-state index contributed by atoms with van der Waals surface area (Å²) in [4.78, 5) is 40.2. The molecule has 1 atom stereocenters. The molecule has 0 saturated carbocycles. The lowest BCUT2D eigenvalue weighted by Gasteiger charge is -2.01. The summed E-state index contributed by atoms with van der Waals surface area (Å²) in [5.74, 6) is -2.30. The number of rotatable bonds is 4. The molecule has 0 aromatic rings. The summed E-state index contributed by atoms with van der Waals surface area (Å²) in [5.41, 5.74) is 9.81. The predicted octanol–water partition coefficient (Wildman–Crippen LogP) is -2.14. The minimum atomic E-state index is -1.11. The van der Waals surface area contributed by atoms with E-state index in [2.05, 4.69) is 0 Å². The van der Waals surface area contributed by atoms with Crippen LogP contribution in [0.1, 0.15) is 12.8 Å². The fourth-order valence-electron chi connectivity index (χ4n) is 0.777.